The molecule has 0 bridgehead atoms. The minimum Gasteiger partial charge on any atom is -0.345 e. The second-order valence-electron chi connectivity index (χ2n) is 5.31. The summed E-state index contributed by atoms with van der Waals surface area (Å²) < 4.78 is 28.7. The van der Waals surface area contributed by atoms with Crippen molar-refractivity contribution in [1.82, 2.24) is 20.1 Å². The monoisotopic (exact) mass is 374 g/mol. The van der Waals surface area contributed by atoms with Gasteiger partial charge in [-0.15, -0.1) is 10.2 Å². The Bertz CT molecular complexity index is 912. The van der Waals surface area contributed by atoms with Crippen LogP contribution in [0.3, 0.4) is 0 Å². The van der Waals surface area contributed by atoms with Crippen LogP contribution in [0.5, 0.6) is 0 Å². The van der Waals surface area contributed by atoms with Gasteiger partial charge in [0.2, 0.25) is 0 Å². The molecule has 0 radical (unpaired) electrons. The van der Waals surface area contributed by atoms with Crippen LogP contribution in [0, 0.1) is 11.6 Å². The number of nitrogens with one attached hydrogen (secondary N) is 1. The van der Waals surface area contributed by atoms with E-state index in [9.17, 15) is 13.6 Å². The first-order chi connectivity index (χ1) is 12.6. The van der Waals surface area contributed by atoms with Gasteiger partial charge in [0, 0.05) is 5.69 Å². The molecule has 0 spiro atoms. The summed E-state index contributed by atoms with van der Waals surface area (Å²) in [7, 11) is 0. The molecule has 1 N–H and O–H groups in total. The smallest absolute Gasteiger partial charge is 0.254 e. The summed E-state index contributed by atoms with van der Waals surface area (Å²) in [5, 5.41) is 11.5. The van der Waals surface area contributed by atoms with E-state index in [2.05, 4.69) is 15.5 Å². The molecule has 1 heterocycles. The molecule has 1 aromatic heterocycles. The van der Waals surface area contributed by atoms with Crippen LogP contribution in [0.2, 0.25) is 0 Å². The van der Waals surface area contributed by atoms with Crippen LogP contribution in [0.25, 0.3) is 5.69 Å². The topological polar surface area (TPSA) is 59.8 Å². The molecule has 8 heteroatoms. The van der Waals surface area contributed by atoms with Crippen LogP contribution in [-0.2, 0) is 6.54 Å². The fourth-order valence-corrected chi connectivity index (χ4v) is 3.08. The average Bonchev–Trinajstić information content (AvgIpc) is 3.04. The second kappa shape index (κ2) is 8.09. The Morgan fingerprint density at radius 2 is 1.85 bits per heavy atom. The molecule has 0 saturated heterocycles. The van der Waals surface area contributed by atoms with Gasteiger partial charge in [-0.25, -0.2) is 8.78 Å². The summed E-state index contributed by atoms with van der Waals surface area (Å²) in [6.07, 6.45) is 0. The first kappa shape index (κ1) is 18.1. The molecule has 3 rings (SSSR count). The normalized spacial score (nSPS) is 10.7. The number of aromatic nitrogens is 3. The zero-order chi connectivity index (χ0) is 18.5. The van der Waals surface area contributed by atoms with Gasteiger partial charge in [0.25, 0.3) is 5.91 Å². The lowest BCUT2D eigenvalue weighted by molar-refractivity contribution is 0.0945. The highest BCUT2D eigenvalue weighted by Gasteiger charge is 2.16. The van der Waals surface area contributed by atoms with E-state index in [1.54, 1.807) is 22.8 Å². The fraction of sp³-hybridized carbons (Fsp3) is 0.167. The number of hydrogen-bond donors (Lipinski definition) is 1. The quantitative estimate of drug-likeness (QED) is 0.670. The lowest BCUT2D eigenvalue weighted by atomic mass is 10.2. The predicted molar refractivity (Wildman–Crippen MR) is 95.3 cm³/mol. The largest absolute Gasteiger partial charge is 0.345 e. The average molecular weight is 374 g/mol. The lowest BCUT2D eigenvalue weighted by Crippen LogP contribution is -2.25. The first-order valence-electron chi connectivity index (χ1n) is 7.96. The van der Waals surface area contributed by atoms with E-state index in [1.807, 2.05) is 6.92 Å². The SMILES string of the molecule is CCSc1nnc(CNC(=O)c2ccccc2F)n1-c1ccc(F)cc1. The summed E-state index contributed by atoms with van der Waals surface area (Å²) in [6.45, 7) is 2.04. The molecule has 2 aromatic carbocycles. The van der Waals surface area contributed by atoms with Crippen molar-refractivity contribution in [3.63, 3.8) is 0 Å². The molecule has 3 aromatic rings. The zero-order valence-corrected chi connectivity index (χ0v) is 14.8. The van der Waals surface area contributed by atoms with Crippen molar-refractivity contribution in [1.29, 1.82) is 0 Å². The maximum Gasteiger partial charge on any atom is 0.254 e. The summed E-state index contributed by atoms with van der Waals surface area (Å²) in [5.74, 6) is -0.229. The standard InChI is InChI=1S/C18H16F2N4OS/c1-2-26-18-23-22-16(24(18)13-9-7-12(19)8-10-13)11-21-17(25)14-5-3-4-6-15(14)20/h3-10H,2,11H2,1H3,(H,21,25). The second-order valence-corrected chi connectivity index (χ2v) is 6.54. The molecule has 0 unspecified atom stereocenters. The fourth-order valence-electron chi connectivity index (χ4n) is 2.39. The molecule has 134 valence electrons. The number of hydrogen-bond acceptors (Lipinski definition) is 4. The molecule has 0 fully saturated rings. The van der Waals surface area contributed by atoms with E-state index in [0.29, 0.717) is 16.7 Å². The third kappa shape index (κ3) is 3.91. The van der Waals surface area contributed by atoms with Gasteiger partial charge in [-0.1, -0.05) is 30.8 Å². The number of halogens is 2. The first-order valence-corrected chi connectivity index (χ1v) is 8.94. The van der Waals surface area contributed by atoms with Gasteiger partial charge in [0.15, 0.2) is 11.0 Å². The van der Waals surface area contributed by atoms with E-state index < -0.39 is 11.7 Å². The molecular formula is C18H16F2N4OS. The van der Waals surface area contributed by atoms with Crippen LogP contribution in [0.15, 0.2) is 53.7 Å². The van der Waals surface area contributed by atoms with Crippen molar-refractivity contribution in [2.75, 3.05) is 5.75 Å². The number of carbonyl (C=O) groups excluding carboxylic acids is 1. The van der Waals surface area contributed by atoms with Gasteiger partial charge in [0.1, 0.15) is 11.6 Å². The summed E-state index contributed by atoms with van der Waals surface area (Å²) in [5.41, 5.74) is 0.644. The highest BCUT2D eigenvalue weighted by atomic mass is 32.2. The lowest BCUT2D eigenvalue weighted by Gasteiger charge is -2.11. The molecular weight excluding hydrogens is 358 g/mol. The Morgan fingerprint density at radius 1 is 1.12 bits per heavy atom. The van der Waals surface area contributed by atoms with Crippen LogP contribution in [0.1, 0.15) is 23.1 Å². The summed E-state index contributed by atoms with van der Waals surface area (Å²) in [6, 6.07) is 11.7. The van der Waals surface area contributed by atoms with Crippen molar-refractivity contribution >= 4 is 17.7 Å². The Morgan fingerprint density at radius 3 is 2.54 bits per heavy atom. The van der Waals surface area contributed by atoms with E-state index in [1.165, 1.54) is 42.1 Å². The highest BCUT2D eigenvalue weighted by molar-refractivity contribution is 7.99. The third-order valence-electron chi connectivity index (χ3n) is 3.58. The third-order valence-corrected chi connectivity index (χ3v) is 4.40. The number of benzene rings is 2. The van der Waals surface area contributed by atoms with Gasteiger partial charge in [-0.3, -0.25) is 9.36 Å². The van der Waals surface area contributed by atoms with Crippen molar-refractivity contribution in [3.8, 4) is 5.69 Å². The van der Waals surface area contributed by atoms with Crippen molar-refractivity contribution in [3.05, 3.63) is 71.6 Å². The Labute approximate surface area is 153 Å². The maximum atomic E-state index is 13.7. The van der Waals surface area contributed by atoms with Crippen LogP contribution >= 0.6 is 11.8 Å². The van der Waals surface area contributed by atoms with Crippen molar-refractivity contribution < 1.29 is 13.6 Å². The zero-order valence-electron chi connectivity index (χ0n) is 13.9. The molecule has 0 atom stereocenters. The maximum absolute atomic E-state index is 13.7. The van der Waals surface area contributed by atoms with Gasteiger partial charge in [-0.05, 0) is 42.2 Å². The minimum atomic E-state index is -0.591. The van der Waals surface area contributed by atoms with Crippen LogP contribution in [0.4, 0.5) is 8.78 Å². The molecule has 1 amide bonds. The minimum absolute atomic E-state index is 0.0384. The van der Waals surface area contributed by atoms with Crippen molar-refractivity contribution in [2.24, 2.45) is 0 Å². The number of amides is 1. The Balaban J connectivity index is 1.85. The number of carbonyl (C=O) groups is 1. The van der Waals surface area contributed by atoms with E-state index >= 15 is 0 Å². The molecule has 26 heavy (non-hydrogen) atoms. The number of rotatable bonds is 6. The van der Waals surface area contributed by atoms with Gasteiger partial charge in [0.05, 0.1) is 12.1 Å². The molecule has 0 saturated carbocycles. The predicted octanol–water partition coefficient (Wildman–Crippen LogP) is 3.59. The van der Waals surface area contributed by atoms with Gasteiger partial charge in [-0.2, -0.15) is 0 Å². The summed E-state index contributed by atoms with van der Waals surface area (Å²) >= 11 is 1.48. The molecule has 0 aliphatic rings. The van der Waals surface area contributed by atoms with E-state index in [0.717, 1.165) is 5.75 Å². The summed E-state index contributed by atoms with van der Waals surface area (Å²) in [4.78, 5) is 12.2. The van der Waals surface area contributed by atoms with Gasteiger partial charge < -0.3 is 5.32 Å². The highest BCUT2D eigenvalue weighted by Crippen LogP contribution is 2.22. The molecule has 0 aliphatic carbocycles. The van der Waals surface area contributed by atoms with E-state index in [-0.39, 0.29) is 17.9 Å². The van der Waals surface area contributed by atoms with Crippen LogP contribution in [-0.4, -0.2) is 26.4 Å². The van der Waals surface area contributed by atoms with Crippen molar-refractivity contribution in [2.45, 2.75) is 18.6 Å². The van der Waals surface area contributed by atoms with Crippen LogP contribution < -0.4 is 5.32 Å². The Hall–Kier alpha value is -2.74. The number of nitrogens with zero attached hydrogens (tertiary/aromatic N) is 3. The molecule has 5 nitrogen and oxygen atoms in total. The van der Waals surface area contributed by atoms with E-state index in [4.69, 9.17) is 0 Å². The van der Waals surface area contributed by atoms with Gasteiger partial charge >= 0.3 is 0 Å². The molecule has 0 aliphatic heterocycles. The number of thioether (sulfide) groups is 1. The Kier molecular flexibility index (Phi) is 5.62.